The lowest BCUT2D eigenvalue weighted by atomic mass is 9.88. The van der Waals surface area contributed by atoms with E-state index in [1.807, 2.05) is 0 Å². The summed E-state index contributed by atoms with van der Waals surface area (Å²) in [6.07, 6.45) is 0. The van der Waals surface area contributed by atoms with Gasteiger partial charge in [-0.25, -0.2) is 0 Å². The van der Waals surface area contributed by atoms with Gasteiger partial charge in [0.15, 0.2) is 0 Å². The number of hydrogen-bond acceptors (Lipinski definition) is 1. The van der Waals surface area contributed by atoms with Crippen molar-refractivity contribution < 1.29 is 4.74 Å². The number of ether oxygens (including phenoxy) is 1. The Morgan fingerprint density at radius 1 is 0.586 bits per heavy atom. The average molecular weight is 387 g/mol. The largest absolute Gasteiger partial charge is 0.487 e. The first kappa shape index (κ1) is 21.2. The van der Waals surface area contributed by atoms with Crippen molar-refractivity contribution in [3.8, 4) is 28.0 Å². The lowest BCUT2D eigenvalue weighted by Gasteiger charge is -2.27. The molecule has 0 saturated heterocycles. The fourth-order valence-corrected chi connectivity index (χ4v) is 4.56. The first-order chi connectivity index (χ1) is 13.5. The van der Waals surface area contributed by atoms with Crippen molar-refractivity contribution >= 4 is 0 Å². The van der Waals surface area contributed by atoms with Crippen LogP contribution in [0.3, 0.4) is 0 Å². The van der Waals surface area contributed by atoms with E-state index in [1.165, 1.54) is 55.6 Å². The van der Waals surface area contributed by atoms with E-state index in [1.54, 1.807) is 0 Å². The third-order valence-corrected chi connectivity index (χ3v) is 5.32. The van der Waals surface area contributed by atoms with E-state index in [0.29, 0.717) is 0 Å². The summed E-state index contributed by atoms with van der Waals surface area (Å²) in [6.45, 7) is 19.5. The van der Waals surface area contributed by atoms with Crippen molar-refractivity contribution in [2.45, 2.75) is 67.9 Å². The van der Waals surface area contributed by atoms with Gasteiger partial charge in [0.2, 0.25) is 0 Å². The second-order valence-corrected chi connectivity index (χ2v) is 9.44. The summed E-state index contributed by atoms with van der Waals surface area (Å²) >= 11 is 0. The highest BCUT2D eigenvalue weighted by atomic mass is 16.5. The molecule has 0 aromatic heterocycles. The van der Waals surface area contributed by atoms with Crippen LogP contribution in [0.25, 0.3) is 22.3 Å². The summed E-state index contributed by atoms with van der Waals surface area (Å²) in [7, 11) is 0. The molecule has 3 aromatic carbocycles. The molecule has 152 valence electrons. The molecule has 3 rings (SSSR count). The molecule has 0 amide bonds. The average Bonchev–Trinajstić information content (AvgIpc) is 2.54. The van der Waals surface area contributed by atoms with Crippen molar-refractivity contribution in [2.75, 3.05) is 0 Å². The molecule has 0 bridgehead atoms. The van der Waals surface area contributed by atoms with Crippen LogP contribution in [0.15, 0.2) is 42.5 Å². The SMILES string of the molecule is Cc1cc(C)c(-c2cccc(-c3c(C)cc(C)cc3C)c2OC(C)(C)C)c(C)c1. The van der Waals surface area contributed by atoms with Crippen molar-refractivity contribution in [1.29, 1.82) is 0 Å². The molecule has 1 nitrogen and oxygen atoms in total. The molecule has 0 atom stereocenters. The fourth-order valence-electron chi connectivity index (χ4n) is 4.56. The summed E-state index contributed by atoms with van der Waals surface area (Å²) in [5.74, 6) is 0.977. The van der Waals surface area contributed by atoms with Crippen molar-refractivity contribution in [2.24, 2.45) is 0 Å². The molecule has 0 radical (unpaired) electrons. The Morgan fingerprint density at radius 3 is 1.24 bits per heavy atom. The van der Waals surface area contributed by atoms with Gasteiger partial charge in [-0.15, -0.1) is 0 Å². The fraction of sp³-hybridized carbons (Fsp3) is 0.357. The van der Waals surface area contributed by atoms with Crippen LogP contribution in [0.2, 0.25) is 0 Å². The second-order valence-electron chi connectivity index (χ2n) is 9.44. The van der Waals surface area contributed by atoms with Gasteiger partial charge >= 0.3 is 0 Å². The Balaban J connectivity index is 2.38. The van der Waals surface area contributed by atoms with Gasteiger partial charge in [-0.1, -0.05) is 53.6 Å². The van der Waals surface area contributed by atoms with Gasteiger partial charge in [0.05, 0.1) is 0 Å². The molecule has 0 saturated carbocycles. The van der Waals surface area contributed by atoms with Crippen LogP contribution in [-0.2, 0) is 0 Å². The van der Waals surface area contributed by atoms with Crippen molar-refractivity contribution in [3.05, 3.63) is 75.8 Å². The normalized spacial score (nSPS) is 11.6. The van der Waals surface area contributed by atoms with E-state index in [9.17, 15) is 0 Å². The van der Waals surface area contributed by atoms with E-state index in [0.717, 1.165) is 5.75 Å². The quantitative estimate of drug-likeness (QED) is 0.442. The van der Waals surface area contributed by atoms with Crippen LogP contribution < -0.4 is 4.74 Å². The molecule has 0 unspecified atom stereocenters. The standard InChI is InChI=1S/C28H34O/c1-17-13-19(3)25(20(4)14-17)23-11-10-12-24(27(23)29-28(7,8)9)26-21(5)15-18(2)16-22(26)6/h10-16H,1-9H3. The van der Waals surface area contributed by atoms with E-state index in [-0.39, 0.29) is 5.60 Å². The Kier molecular flexibility index (Phi) is 5.63. The maximum atomic E-state index is 6.65. The van der Waals surface area contributed by atoms with Crippen LogP contribution in [0.1, 0.15) is 54.2 Å². The highest BCUT2D eigenvalue weighted by Crippen LogP contribution is 2.44. The van der Waals surface area contributed by atoms with Crippen molar-refractivity contribution in [1.82, 2.24) is 0 Å². The first-order valence-corrected chi connectivity index (χ1v) is 10.5. The Bertz CT molecular complexity index is 942. The molecular weight excluding hydrogens is 352 g/mol. The minimum Gasteiger partial charge on any atom is -0.487 e. The number of hydrogen-bond donors (Lipinski definition) is 0. The van der Waals surface area contributed by atoms with Crippen LogP contribution in [-0.4, -0.2) is 5.60 Å². The predicted octanol–water partition coefficient (Wildman–Crippen LogP) is 8.05. The molecular formula is C28H34O. The maximum Gasteiger partial charge on any atom is 0.135 e. The van der Waals surface area contributed by atoms with Crippen LogP contribution in [0.5, 0.6) is 5.75 Å². The maximum absolute atomic E-state index is 6.65. The monoisotopic (exact) mass is 386 g/mol. The van der Waals surface area contributed by atoms with Gasteiger partial charge in [0.25, 0.3) is 0 Å². The van der Waals surface area contributed by atoms with E-state index >= 15 is 0 Å². The van der Waals surface area contributed by atoms with Crippen LogP contribution >= 0.6 is 0 Å². The first-order valence-electron chi connectivity index (χ1n) is 10.5. The minimum atomic E-state index is -0.288. The number of aryl methyl sites for hydroxylation is 6. The molecule has 29 heavy (non-hydrogen) atoms. The minimum absolute atomic E-state index is 0.288. The zero-order valence-corrected chi connectivity index (χ0v) is 19.4. The summed E-state index contributed by atoms with van der Waals surface area (Å²) in [5.41, 5.74) is 12.4. The van der Waals surface area contributed by atoms with E-state index in [4.69, 9.17) is 4.74 Å². The van der Waals surface area contributed by atoms with Gasteiger partial charge < -0.3 is 4.74 Å². The third-order valence-electron chi connectivity index (χ3n) is 5.32. The molecule has 0 aliphatic rings. The Hall–Kier alpha value is -2.54. The number of benzene rings is 3. The lowest BCUT2D eigenvalue weighted by molar-refractivity contribution is 0.132. The highest BCUT2D eigenvalue weighted by Gasteiger charge is 2.23. The molecule has 1 heteroatoms. The number of para-hydroxylation sites is 1. The zero-order chi connectivity index (χ0) is 21.5. The zero-order valence-electron chi connectivity index (χ0n) is 19.4. The second kappa shape index (κ2) is 7.71. The number of rotatable bonds is 3. The summed E-state index contributed by atoms with van der Waals surface area (Å²) in [4.78, 5) is 0. The smallest absolute Gasteiger partial charge is 0.135 e. The summed E-state index contributed by atoms with van der Waals surface area (Å²) < 4.78 is 6.65. The molecule has 0 aliphatic heterocycles. The topological polar surface area (TPSA) is 9.23 Å². The molecule has 0 fully saturated rings. The van der Waals surface area contributed by atoms with Crippen LogP contribution in [0, 0.1) is 41.5 Å². The lowest BCUT2D eigenvalue weighted by Crippen LogP contribution is -2.24. The Labute approximate surface area is 176 Å². The van der Waals surface area contributed by atoms with E-state index < -0.39 is 0 Å². The molecule has 3 aromatic rings. The Morgan fingerprint density at radius 2 is 0.931 bits per heavy atom. The van der Waals surface area contributed by atoms with Gasteiger partial charge in [-0.2, -0.15) is 0 Å². The molecule has 0 aliphatic carbocycles. The predicted molar refractivity (Wildman–Crippen MR) is 126 cm³/mol. The van der Waals surface area contributed by atoms with Gasteiger partial charge in [-0.3, -0.25) is 0 Å². The summed E-state index contributed by atoms with van der Waals surface area (Å²) in [6, 6.07) is 15.6. The molecule has 0 N–H and O–H groups in total. The highest BCUT2D eigenvalue weighted by molar-refractivity contribution is 5.87. The van der Waals surface area contributed by atoms with Crippen LogP contribution in [0.4, 0.5) is 0 Å². The van der Waals surface area contributed by atoms with Gasteiger partial charge in [0, 0.05) is 11.1 Å². The summed E-state index contributed by atoms with van der Waals surface area (Å²) in [5, 5.41) is 0. The molecule has 0 spiro atoms. The van der Waals surface area contributed by atoms with Gasteiger partial charge in [0.1, 0.15) is 11.4 Å². The molecule has 0 heterocycles. The van der Waals surface area contributed by atoms with E-state index in [2.05, 4.69) is 105 Å². The van der Waals surface area contributed by atoms with Gasteiger partial charge in [-0.05, 0) is 95.7 Å². The third kappa shape index (κ3) is 4.40. The van der Waals surface area contributed by atoms with Crippen molar-refractivity contribution in [3.63, 3.8) is 0 Å².